The van der Waals surface area contributed by atoms with Crippen LogP contribution in [0.2, 0.25) is 0 Å². The lowest BCUT2D eigenvalue weighted by Gasteiger charge is -2.36. The third-order valence-corrected chi connectivity index (χ3v) is 8.55. The third kappa shape index (κ3) is 4.39. The summed E-state index contributed by atoms with van der Waals surface area (Å²) in [4.78, 5) is 28.7. The Hall–Kier alpha value is -4.23. The minimum atomic E-state index is -3.94. The molecule has 0 bridgehead atoms. The lowest BCUT2D eigenvalue weighted by Crippen LogP contribution is -2.45. The molecule has 1 aliphatic heterocycles. The van der Waals surface area contributed by atoms with Gasteiger partial charge in [0.1, 0.15) is 16.3 Å². The highest BCUT2D eigenvalue weighted by atomic mass is 32.2. The first kappa shape index (κ1) is 25.4. The van der Waals surface area contributed by atoms with Crippen LogP contribution >= 0.6 is 0 Å². The van der Waals surface area contributed by atoms with E-state index >= 15 is 0 Å². The van der Waals surface area contributed by atoms with Gasteiger partial charge in [0.15, 0.2) is 11.6 Å². The molecule has 198 valence electrons. The van der Waals surface area contributed by atoms with E-state index in [-0.39, 0.29) is 40.8 Å². The summed E-state index contributed by atoms with van der Waals surface area (Å²) in [6.45, 7) is 7.12. The Labute approximate surface area is 218 Å². The number of sulfonamides is 1. The molecule has 12 nitrogen and oxygen atoms in total. The quantitative estimate of drug-likeness (QED) is 0.293. The Kier molecular flexibility index (Phi) is 6.19. The lowest BCUT2D eigenvalue weighted by atomic mass is 9.84. The van der Waals surface area contributed by atoms with E-state index in [1.54, 1.807) is 56.4 Å². The van der Waals surface area contributed by atoms with Gasteiger partial charge in [0.2, 0.25) is 10.0 Å². The molecule has 0 saturated heterocycles. The SMILES string of the molecule is Cc1noc(C)c1S(=O)(=O)N1Cc2c(NC(=O)c3ccccc3NC(=O)c3ccc[nH]3)n[nH]c2C(C)(C)C1. The van der Waals surface area contributed by atoms with Crippen molar-refractivity contribution < 1.29 is 22.5 Å². The van der Waals surface area contributed by atoms with E-state index in [2.05, 4.69) is 31.0 Å². The van der Waals surface area contributed by atoms with Crippen LogP contribution in [-0.2, 0) is 22.0 Å². The molecule has 0 fully saturated rings. The van der Waals surface area contributed by atoms with Crippen LogP contribution in [0.1, 0.15) is 57.4 Å². The largest absolute Gasteiger partial charge is 0.360 e. The number of benzene rings is 1. The van der Waals surface area contributed by atoms with Crippen LogP contribution in [0.5, 0.6) is 0 Å². The maximum absolute atomic E-state index is 13.6. The molecule has 13 heteroatoms. The second-order valence-electron chi connectivity index (χ2n) is 9.77. The van der Waals surface area contributed by atoms with Crippen LogP contribution in [0.25, 0.3) is 0 Å². The fourth-order valence-corrected chi connectivity index (χ4v) is 6.56. The van der Waals surface area contributed by atoms with Crippen molar-refractivity contribution in [2.24, 2.45) is 0 Å². The number of H-pyrrole nitrogens is 2. The number of nitrogens with zero attached hydrogens (tertiary/aromatic N) is 3. The van der Waals surface area contributed by atoms with E-state index in [4.69, 9.17) is 4.52 Å². The molecule has 4 aromatic rings. The number of aromatic amines is 2. The van der Waals surface area contributed by atoms with Gasteiger partial charge >= 0.3 is 0 Å². The summed E-state index contributed by atoms with van der Waals surface area (Å²) in [7, 11) is -3.94. The topological polar surface area (TPSA) is 166 Å². The normalized spacial score (nSPS) is 15.2. The van der Waals surface area contributed by atoms with Gasteiger partial charge in [0.25, 0.3) is 11.8 Å². The molecule has 4 heterocycles. The molecular weight excluding hydrogens is 510 g/mol. The minimum Gasteiger partial charge on any atom is -0.360 e. The molecule has 3 aromatic heterocycles. The zero-order chi connectivity index (χ0) is 27.2. The van der Waals surface area contributed by atoms with Gasteiger partial charge in [0.05, 0.1) is 11.3 Å². The van der Waals surface area contributed by atoms with E-state index < -0.39 is 27.3 Å². The van der Waals surface area contributed by atoms with E-state index in [9.17, 15) is 18.0 Å². The van der Waals surface area contributed by atoms with Crippen LogP contribution < -0.4 is 10.6 Å². The number of fused-ring (bicyclic) bond motifs is 1. The molecule has 38 heavy (non-hydrogen) atoms. The summed E-state index contributed by atoms with van der Waals surface area (Å²) < 4.78 is 33.6. The number of anilines is 2. The number of hydrogen-bond acceptors (Lipinski definition) is 7. The van der Waals surface area contributed by atoms with E-state index in [0.29, 0.717) is 16.9 Å². The first-order valence-electron chi connectivity index (χ1n) is 11.8. The summed E-state index contributed by atoms with van der Waals surface area (Å²) in [6, 6.07) is 9.91. The second-order valence-corrected chi connectivity index (χ2v) is 11.6. The fourth-order valence-electron chi connectivity index (χ4n) is 4.70. The summed E-state index contributed by atoms with van der Waals surface area (Å²) >= 11 is 0. The Bertz CT molecular complexity index is 1610. The molecule has 0 saturated carbocycles. The number of rotatable bonds is 6. The predicted octanol–water partition coefficient (Wildman–Crippen LogP) is 3.33. The smallest absolute Gasteiger partial charge is 0.272 e. The fraction of sp³-hybridized carbons (Fsp3) is 0.280. The van der Waals surface area contributed by atoms with Crippen molar-refractivity contribution in [3.63, 3.8) is 0 Å². The lowest BCUT2D eigenvalue weighted by molar-refractivity contribution is 0.102. The molecule has 0 atom stereocenters. The molecular formula is C25H27N7O5S. The van der Waals surface area contributed by atoms with E-state index in [1.807, 2.05) is 13.8 Å². The molecule has 0 spiro atoms. The van der Waals surface area contributed by atoms with Crippen molar-refractivity contribution in [1.29, 1.82) is 0 Å². The van der Waals surface area contributed by atoms with Crippen molar-refractivity contribution in [3.05, 3.63) is 76.6 Å². The first-order valence-corrected chi connectivity index (χ1v) is 13.3. The highest BCUT2D eigenvalue weighted by molar-refractivity contribution is 7.89. The summed E-state index contributed by atoms with van der Waals surface area (Å²) in [5, 5.41) is 16.6. The number of aromatic nitrogens is 4. The summed E-state index contributed by atoms with van der Waals surface area (Å²) in [5.41, 5.74) is 1.83. The van der Waals surface area contributed by atoms with Gasteiger partial charge in [-0.25, -0.2) is 8.42 Å². The highest BCUT2D eigenvalue weighted by Crippen LogP contribution is 2.38. The van der Waals surface area contributed by atoms with Gasteiger partial charge in [-0.1, -0.05) is 31.1 Å². The van der Waals surface area contributed by atoms with Crippen LogP contribution in [0.15, 0.2) is 52.0 Å². The van der Waals surface area contributed by atoms with Gasteiger partial charge in [-0.2, -0.15) is 9.40 Å². The van der Waals surface area contributed by atoms with Gasteiger partial charge in [-0.05, 0) is 38.1 Å². The number of amides is 2. The predicted molar refractivity (Wildman–Crippen MR) is 138 cm³/mol. The third-order valence-electron chi connectivity index (χ3n) is 6.51. The molecule has 4 N–H and O–H groups in total. The average molecular weight is 538 g/mol. The number of nitrogens with one attached hydrogen (secondary N) is 4. The highest BCUT2D eigenvalue weighted by Gasteiger charge is 2.42. The molecule has 0 radical (unpaired) electrons. The van der Waals surface area contributed by atoms with E-state index in [1.165, 1.54) is 4.31 Å². The average Bonchev–Trinajstić information content (AvgIpc) is 3.60. The maximum Gasteiger partial charge on any atom is 0.272 e. The van der Waals surface area contributed by atoms with Crippen molar-refractivity contribution in [3.8, 4) is 0 Å². The number of aryl methyl sites for hydroxylation is 2. The first-order chi connectivity index (χ1) is 18.0. The van der Waals surface area contributed by atoms with Crippen LogP contribution in [0.4, 0.5) is 11.5 Å². The van der Waals surface area contributed by atoms with Gasteiger partial charge in [-0.15, -0.1) is 0 Å². The number of carbonyl (C=O) groups is 2. The summed E-state index contributed by atoms with van der Waals surface area (Å²) in [5.74, 6) is -0.480. The Balaban J connectivity index is 1.43. The van der Waals surface area contributed by atoms with Gasteiger partial charge in [-0.3, -0.25) is 14.7 Å². The van der Waals surface area contributed by atoms with Gasteiger partial charge < -0.3 is 20.1 Å². The van der Waals surface area contributed by atoms with Crippen LogP contribution in [0.3, 0.4) is 0 Å². The Morgan fingerprint density at radius 2 is 1.84 bits per heavy atom. The van der Waals surface area contributed by atoms with E-state index in [0.717, 1.165) is 5.69 Å². The molecule has 0 unspecified atom stereocenters. The molecule has 5 rings (SSSR count). The zero-order valence-corrected chi connectivity index (χ0v) is 22.1. The number of para-hydroxylation sites is 1. The van der Waals surface area contributed by atoms with Crippen LogP contribution in [-0.4, -0.2) is 51.4 Å². The second kappa shape index (κ2) is 9.26. The Morgan fingerprint density at radius 3 is 2.53 bits per heavy atom. The van der Waals surface area contributed by atoms with Crippen molar-refractivity contribution >= 4 is 33.3 Å². The van der Waals surface area contributed by atoms with Crippen molar-refractivity contribution in [1.82, 2.24) is 24.6 Å². The summed E-state index contributed by atoms with van der Waals surface area (Å²) in [6.07, 6.45) is 1.63. The molecule has 2 amide bonds. The zero-order valence-electron chi connectivity index (χ0n) is 21.2. The number of hydrogen-bond donors (Lipinski definition) is 4. The van der Waals surface area contributed by atoms with Crippen molar-refractivity contribution in [2.45, 2.75) is 44.6 Å². The van der Waals surface area contributed by atoms with Crippen molar-refractivity contribution in [2.75, 3.05) is 17.2 Å². The molecule has 1 aliphatic rings. The standard InChI is InChI=1S/C25H27N7O5S/c1-14-20(15(2)37-31-14)38(35,36)32-12-17-21(25(3,4)13-32)29-30-22(17)28-23(33)16-8-5-6-9-18(16)27-24(34)19-10-7-11-26-19/h5-11,26H,12-13H2,1-4H3,(H,27,34)(H2,28,29,30,33). The Morgan fingerprint density at radius 1 is 1.08 bits per heavy atom. The maximum atomic E-state index is 13.6. The van der Waals surface area contributed by atoms with Crippen LogP contribution in [0, 0.1) is 13.8 Å². The minimum absolute atomic E-state index is 0.0114. The monoisotopic (exact) mass is 537 g/mol. The molecule has 1 aromatic carbocycles. The van der Waals surface area contributed by atoms with Gasteiger partial charge in [0, 0.05) is 36.0 Å². The number of carbonyl (C=O) groups excluding carboxylic acids is 2. The molecule has 0 aliphatic carbocycles.